The van der Waals surface area contributed by atoms with Gasteiger partial charge in [0, 0.05) is 5.69 Å². The number of hydrogen-bond acceptors (Lipinski definition) is 4. The summed E-state index contributed by atoms with van der Waals surface area (Å²) in [6.45, 7) is 3.91. The summed E-state index contributed by atoms with van der Waals surface area (Å²) >= 11 is 0. The Morgan fingerprint density at radius 3 is 2.43 bits per heavy atom. The van der Waals surface area contributed by atoms with Gasteiger partial charge in [-0.25, -0.2) is 4.79 Å². The van der Waals surface area contributed by atoms with E-state index < -0.39 is 5.97 Å². The van der Waals surface area contributed by atoms with Gasteiger partial charge in [-0.15, -0.1) is 0 Å². The Bertz CT molecular complexity index is 636. The van der Waals surface area contributed by atoms with Gasteiger partial charge in [0.25, 0.3) is 0 Å². The van der Waals surface area contributed by atoms with Gasteiger partial charge >= 0.3 is 5.97 Å². The quantitative estimate of drug-likeness (QED) is 0.732. The Morgan fingerprint density at radius 2 is 1.86 bits per heavy atom. The molecule has 0 radical (unpaired) electrons. The first kappa shape index (κ1) is 14.7. The Balaban J connectivity index is 2.24. The van der Waals surface area contributed by atoms with Crippen LogP contribution in [-0.2, 0) is 0 Å². The number of carbonyl (C=O) groups is 1. The van der Waals surface area contributed by atoms with E-state index in [0.29, 0.717) is 11.4 Å². The molecule has 0 aliphatic carbocycles. The van der Waals surface area contributed by atoms with Crippen LogP contribution in [0.2, 0.25) is 0 Å². The first-order valence-corrected chi connectivity index (χ1v) is 6.63. The predicted octanol–water partition coefficient (Wildman–Crippen LogP) is 3.50. The summed E-state index contributed by atoms with van der Waals surface area (Å²) in [6.07, 6.45) is 0.104. The summed E-state index contributed by atoms with van der Waals surface area (Å²) in [6, 6.07) is 12.1. The number of hydrogen-bond donors (Lipinski definition) is 3. The van der Waals surface area contributed by atoms with Gasteiger partial charge in [-0.1, -0.05) is 6.07 Å². The molecule has 0 bridgehead atoms. The van der Waals surface area contributed by atoms with Gasteiger partial charge in [0.05, 0.1) is 23.0 Å². The molecule has 0 aliphatic heterocycles. The molecule has 2 aromatic carbocycles. The lowest BCUT2D eigenvalue weighted by Gasteiger charge is -2.14. The van der Waals surface area contributed by atoms with Gasteiger partial charge < -0.3 is 20.9 Å². The Labute approximate surface area is 123 Å². The maximum atomic E-state index is 11.2. The number of carboxylic acids is 1. The highest BCUT2D eigenvalue weighted by molar-refractivity contribution is 5.98. The number of benzene rings is 2. The number of aromatic carboxylic acids is 1. The maximum absolute atomic E-state index is 11.2. The van der Waals surface area contributed by atoms with Crippen molar-refractivity contribution in [2.24, 2.45) is 0 Å². The van der Waals surface area contributed by atoms with E-state index in [-0.39, 0.29) is 11.7 Å². The highest BCUT2D eigenvalue weighted by Crippen LogP contribution is 2.28. The monoisotopic (exact) mass is 286 g/mol. The topological polar surface area (TPSA) is 84.6 Å². The van der Waals surface area contributed by atoms with Crippen molar-refractivity contribution in [3.05, 3.63) is 48.0 Å². The lowest BCUT2D eigenvalue weighted by Crippen LogP contribution is -2.06. The van der Waals surface area contributed by atoms with Crippen LogP contribution in [0.3, 0.4) is 0 Å². The molecular formula is C16H18N2O3. The molecule has 0 aromatic heterocycles. The zero-order valence-electron chi connectivity index (χ0n) is 12.0. The number of anilines is 3. The lowest BCUT2D eigenvalue weighted by atomic mass is 10.1. The van der Waals surface area contributed by atoms with Crippen molar-refractivity contribution in [2.45, 2.75) is 20.0 Å². The van der Waals surface area contributed by atoms with Crippen LogP contribution in [0.25, 0.3) is 0 Å². The van der Waals surface area contributed by atoms with E-state index >= 15 is 0 Å². The Hall–Kier alpha value is -2.69. The SMILES string of the molecule is CC(C)Oc1ccc(Nc2c(N)cccc2C(=O)O)cc1. The second-order valence-corrected chi connectivity index (χ2v) is 4.89. The minimum Gasteiger partial charge on any atom is -0.491 e. The molecule has 0 saturated heterocycles. The molecule has 0 amide bonds. The van der Waals surface area contributed by atoms with Crippen LogP contribution in [0, 0.1) is 0 Å². The zero-order chi connectivity index (χ0) is 15.4. The Morgan fingerprint density at radius 1 is 1.19 bits per heavy atom. The summed E-state index contributed by atoms with van der Waals surface area (Å²) in [5.74, 6) is -0.264. The molecule has 2 rings (SSSR count). The van der Waals surface area contributed by atoms with E-state index in [1.54, 1.807) is 12.1 Å². The first-order chi connectivity index (χ1) is 9.97. The smallest absolute Gasteiger partial charge is 0.337 e. The summed E-state index contributed by atoms with van der Waals surface area (Å²) in [7, 11) is 0. The van der Waals surface area contributed by atoms with Gasteiger partial charge in [0.1, 0.15) is 5.75 Å². The van der Waals surface area contributed by atoms with Crippen LogP contribution in [0.1, 0.15) is 24.2 Å². The van der Waals surface area contributed by atoms with Crippen molar-refractivity contribution in [1.29, 1.82) is 0 Å². The summed E-state index contributed by atoms with van der Waals surface area (Å²) < 4.78 is 5.56. The minimum absolute atomic E-state index is 0.104. The van der Waals surface area contributed by atoms with Gasteiger partial charge in [-0.05, 0) is 50.2 Å². The second kappa shape index (κ2) is 6.17. The standard InChI is InChI=1S/C16H18N2O3/c1-10(2)21-12-8-6-11(7-9-12)18-15-13(16(19)20)4-3-5-14(15)17/h3-10,18H,17H2,1-2H3,(H,19,20). The number of nitrogen functional groups attached to an aromatic ring is 1. The van der Waals surface area contributed by atoms with Crippen molar-refractivity contribution in [3.63, 3.8) is 0 Å². The minimum atomic E-state index is -1.02. The fourth-order valence-corrected chi connectivity index (χ4v) is 1.92. The molecule has 0 atom stereocenters. The van der Waals surface area contributed by atoms with Gasteiger partial charge in [0.15, 0.2) is 0 Å². The molecule has 0 saturated carbocycles. The highest BCUT2D eigenvalue weighted by atomic mass is 16.5. The summed E-state index contributed by atoms with van der Waals surface area (Å²) in [5, 5.41) is 12.2. The number of rotatable bonds is 5. The molecule has 2 aromatic rings. The molecule has 21 heavy (non-hydrogen) atoms. The van der Waals surface area contributed by atoms with Crippen LogP contribution in [-0.4, -0.2) is 17.2 Å². The van der Waals surface area contributed by atoms with E-state index in [9.17, 15) is 9.90 Å². The zero-order valence-corrected chi connectivity index (χ0v) is 12.0. The van der Waals surface area contributed by atoms with Crippen LogP contribution in [0.15, 0.2) is 42.5 Å². The van der Waals surface area contributed by atoms with Crippen molar-refractivity contribution >= 4 is 23.0 Å². The molecule has 4 N–H and O–H groups in total. The van der Waals surface area contributed by atoms with Crippen LogP contribution < -0.4 is 15.8 Å². The fraction of sp³-hybridized carbons (Fsp3) is 0.188. The third-order valence-electron chi connectivity index (χ3n) is 2.82. The van der Waals surface area contributed by atoms with Crippen LogP contribution in [0.4, 0.5) is 17.1 Å². The first-order valence-electron chi connectivity index (χ1n) is 6.63. The third kappa shape index (κ3) is 3.66. The molecule has 0 aliphatic rings. The number of nitrogens with one attached hydrogen (secondary N) is 1. The molecular weight excluding hydrogens is 268 g/mol. The number of para-hydroxylation sites is 1. The van der Waals surface area contributed by atoms with E-state index in [1.807, 2.05) is 38.1 Å². The van der Waals surface area contributed by atoms with E-state index in [0.717, 1.165) is 11.4 Å². The van der Waals surface area contributed by atoms with Crippen molar-refractivity contribution < 1.29 is 14.6 Å². The second-order valence-electron chi connectivity index (χ2n) is 4.89. The van der Waals surface area contributed by atoms with E-state index in [4.69, 9.17) is 10.5 Å². The number of ether oxygens (including phenoxy) is 1. The molecule has 5 heteroatoms. The summed E-state index contributed by atoms with van der Waals surface area (Å²) in [5.41, 5.74) is 7.51. The normalized spacial score (nSPS) is 10.4. The fourth-order valence-electron chi connectivity index (χ4n) is 1.92. The average Bonchev–Trinajstić information content (AvgIpc) is 2.42. The number of nitrogens with two attached hydrogens (primary N) is 1. The van der Waals surface area contributed by atoms with Crippen molar-refractivity contribution in [3.8, 4) is 5.75 Å². The highest BCUT2D eigenvalue weighted by Gasteiger charge is 2.12. The van der Waals surface area contributed by atoms with Crippen LogP contribution in [0.5, 0.6) is 5.75 Å². The number of carboxylic acid groups (broad SMARTS) is 1. The lowest BCUT2D eigenvalue weighted by molar-refractivity contribution is 0.0698. The largest absolute Gasteiger partial charge is 0.491 e. The van der Waals surface area contributed by atoms with Gasteiger partial charge in [0.2, 0.25) is 0 Å². The molecule has 0 fully saturated rings. The van der Waals surface area contributed by atoms with E-state index in [2.05, 4.69) is 5.32 Å². The average molecular weight is 286 g/mol. The predicted molar refractivity (Wildman–Crippen MR) is 83.3 cm³/mol. The molecule has 0 unspecified atom stereocenters. The molecule has 110 valence electrons. The molecule has 0 heterocycles. The van der Waals surface area contributed by atoms with Crippen LogP contribution >= 0.6 is 0 Å². The van der Waals surface area contributed by atoms with Crippen molar-refractivity contribution in [2.75, 3.05) is 11.1 Å². The third-order valence-corrected chi connectivity index (χ3v) is 2.82. The Kier molecular flexibility index (Phi) is 4.33. The van der Waals surface area contributed by atoms with Gasteiger partial charge in [-0.2, -0.15) is 0 Å². The summed E-state index contributed by atoms with van der Waals surface area (Å²) in [4.78, 5) is 11.2. The molecule has 0 spiro atoms. The van der Waals surface area contributed by atoms with E-state index in [1.165, 1.54) is 6.07 Å². The van der Waals surface area contributed by atoms with Crippen molar-refractivity contribution in [1.82, 2.24) is 0 Å². The maximum Gasteiger partial charge on any atom is 0.337 e. The molecule has 5 nitrogen and oxygen atoms in total. The van der Waals surface area contributed by atoms with Gasteiger partial charge in [-0.3, -0.25) is 0 Å².